The summed E-state index contributed by atoms with van der Waals surface area (Å²) in [6.45, 7) is 3.90. The second-order valence-corrected chi connectivity index (χ2v) is 6.48. The maximum atomic E-state index is 12.3. The molecule has 0 saturated carbocycles. The van der Waals surface area contributed by atoms with Gasteiger partial charge in [-0.25, -0.2) is 9.50 Å². The number of likely N-dealkylation sites (tertiary alicyclic amines) is 1. The molecule has 8 heteroatoms. The van der Waals surface area contributed by atoms with Crippen molar-refractivity contribution in [2.75, 3.05) is 26.2 Å². The Balaban J connectivity index is 1.29. The number of nitrogens with zero attached hydrogens (tertiary/aromatic N) is 5. The number of hydrogen-bond acceptors (Lipinski definition) is 6. The van der Waals surface area contributed by atoms with Crippen molar-refractivity contribution in [3.8, 4) is 0 Å². The van der Waals surface area contributed by atoms with Gasteiger partial charge in [-0.15, -0.1) is 5.10 Å². The highest BCUT2D eigenvalue weighted by molar-refractivity contribution is 5.91. The fourth-order valence-electron chi connectivity index (χ4n) is 3.42. The van der Waals surface area contributed by atoms with Crippen LogP contribution in [0.3, 0.4) is 0 Å². The van der Waals surface area contributed by atoms with Gasteiger partial charge in [-0.05, 0) is 31.7 Å². The van der Waals surface area contributed by atoms with Crippen LogP contribution in [0.4, 0.5) is 0 Å². The van der Waals surface area contributed by atoms with Crippen molar-refractivity contribution in [3.63, 3.8) is 0 Å². The van der Waals surface area contributed by atoms with Crippen LogP contribution in [0.25, 0.3) is 5.78 Å². The lowest BCUT2D eigenvalue weighted by Gasteiger charge is -2.33. The molecule has 0 unspecified atom stereocenters. The number of fused-ring (bicyclic) bond motifs is 1. The van der Waals surface area contributed by atoms with Crippen molar-refractivity contribution in [2.45, 2.75) is 37.8 Å². The van der Waals surface area contributed by atoms with Gasteiger partial charge in [0.15, 0.2) is 0 Å². The SMILES string of the molecule is O=C(NC1CCN(C[C@@H]2CCCO2)CC1)c1nc2ncccn2n1. The molecular weight excluding hydrogens is 308 g/mol. The second kappa shape index (κ2) is 6.82. The number of nitrogens with one attached hydrogen (secondary N) is 1. The molecule has 4 rings (SSSR count). The lowest BCUT2D eigenvalue weighted by Crippen LogP contribution is -2.46. The summed E-state index contributed by atoms with van der Waals surface area (Å²) in [5.41, 5.74) is 0. The molecule has 1 amide bonds. The van der Waals surface area contributed by atoms with E-state index in [9.17, 15) is 4.79 Å². The molecule has 2 aliphatic rings. The van der Waals surface area contributed by atoms with Gasteiger partial charge in [-0.2, -0.15) is 4.98 Å². The van der Waals surface area contributed by atoms with Crippen LogP contribution in [0.15, 0.2) is 18.5 Å². The summed E-state index contributed by atoms with van der Waals surface area (Å²) in [5.74, 6) is 0.391. The molecule has 128 valence electrons. The molecular formula is C16H22N6O2. The topological polar surface area (TPSA) is 84.7 Å². The Morgan fingerprint density at radius 1 is 1.33 bits per heavy atom. The van der Waals surface area contributed by atoms with Gasteiger partial charge in [0.2, 0.25) is 5.82 Å². The molecule has 2 saturated heterocycles. The van der Waals surface area contributed by atoms with Crippen molar-refractivity contribution in [2.24, 2.45) is 0 Å². The number of hydrogen-bond donors (Lipinski definition) is 1. The Hall–Kier alpha value is -2.06. The molecule has 0 aliphatic carbocycles. The van der Waals surface area contributed by atoms with E-state index in [1.807, 2.05) is 0 Å². The van der Waals surface area contributed by atoms with Gasteiger partial charge in [0.25, 0.3) is 11.7 Å². The van der Waals surface area contributed by atoms with Gasteiger partial charge >= 0.3 is 0 Å². The average molecular weight is 330 g/mol. The summed E-state index contributed by atoms with van der Waals surface area (Å²) in [6, 6.07) is 1.94. The Labute approximate surface area is 140 Å². The molecule has 2 aromatic heterocycles. The minimum Gasteiger partial charge on any atom is -0.377 e. The summed E-state index contributed by atoms with van der Waals surface area (Å²) in [7, 11) is 0. The van der Waals surface area contributed by atoms with Gasteiger partial charge in [0.05, 0.1) is 6.10 Å². The average Bonchev–Trinajstić information content (AvgIpc) is 3.25. The zero-order chi connectivity index (χ0) is 16.4. The van der Waals surface area contributed by atoms with Gasteiger partial charge in [-0.1, -0.05) is 0 Å². The summed E-state index contributed by atoms with van der Waals surface area (Å²) in [4.78, 5) is 23.0. The standard InChI is InChI=1S/C16H22N6O2/c23-15(14-19-16-17-6-2-7-22(16)20-14)18-12-4-8-21(9-5-12)11-13-3-1-10-24-13/h2,6-7,12-13H,1,3-5,8-11H2,(H,18,23)/t13-/m0/s1. The first-order valence-electron chi connectivity index (χ1n) is 8.60. The minimum atomic E-state index is -0.224. The molecule has 0 bridgehead atoms. The highest BCUT2D eigenvalue weighted by Gasteiger charge is 2.25. The Morgan fingerprint density at radius 2 is 2.21 bits per heavy atom. The zero-order valence-electron chi connectivity index (χ0n) is 13.6. The Bertz CT molecular complexity index is 670. The third-order valence-electron chi connectivity index (χ3n) is 4.73. The monoisotopic (exact) mass is 330 g/mol. The van der Waals surface area contributed by atoms with Gasteiger partial charge in [0, 0.05) is 44.7 Å². The molecule has 8 nitrogen and oxygen atoms in total. The minimum absolute atomic E-state index is 0.176. The van der Waals surface area contributed by atoms with E-state index < -0.39 is 0 Å². The van der Waals surface area contributed by atoms with E-state index >= 15 is 0 Å². The third-order valence-corrected chi connectivity index (χ3v) is 4.73. The van der Waals surface area contributed by atoms with E-state index in [0.717, 1.165) is 39.1 Å². The number of piperidine rings is 1. The van der Waals surface area contributed by atoms with Crippen molar-refractivity contribution >= 4 is 11.7 Å². The summed E-state index contributed by atoms with van der Waals surface area (Å²) < 4.78 is 7.21. The first-order valence-corrected chi connectivity index (χ1v) is 8.60. The number of carbonyl (C=O) groups excluding carboxylic acids is 1. The zero-order valence-corrected chi connectivity index (χ0v) is 13.6. The predicted octanol–water partition coefficient (Wildman–Crippen LogP) is 0.497. The van der Waals surface area contributed by atoms with E-state index in [4.69, 9.17) is 4.74 Å². The normalized spacial score (nSPS) is 22.9. The van der Waals surface area contributed by atoms with Crippen molar-refractivity contribution in [1.82, 2.24) is 29.8 Å². The van der Waals surface area contributed by atoms with Crippen LogP contribution in [-0.4, -0.2) is 68.8 Å². The summed E-state index contributed by atoms with van der Waals surface area (Å²) >= 11 is 0. The highest BCUT2D eigenvalue weighted by atomic mass is 16.5. The van der Waals surface area contributed by atoms with Crippen molar-refractivity contribution < 1.29 is 9.53 Å². The van der Waals surface area contributed by atoms with E-state index in [2.05, 4.69) is 25.3 Å². The molecule has 24 heavy (non-hydrogen) atoms. The lowest BCUT2D eigenvalue weighted by atomic mass is 10.0. The largest absolute Gasteiger partial charge is 0.377 e. The Morgan fingerprint density at radius 3 is 2.96 bits per heavy atom. The van der Waals surface area contributed by atoms with Crippen LogP contribution in [0.5, 0.6) is 0 Å². The molecule has 1 atom stereocenters. The number of carbonyl (C=O) groups is 1. The smallest absolute Gasteiger partial charge is 0.291 e. The third kappa shape index (κ3) is 3.39. The Kier molecular flexibility index (Phi) is 4.40. The lowest BCUT2D eigenvalue weighted by molar-refractivity contribution is 0.0612. The van der Waals surface area contributed by atoms with Crippen LogP contribution in [0.1, 0.15) is 36.3 Å². The molecule has 2 aliphatic heterocycles. The van der Waals surface area contributed by atoms with Gasteiger partial charge in [-0.3, -0.25) is 4.79 Å². The quantitative estimate of drug-likeness (QED) is 0.879. The number of aromatic nitrogens is 4. The number of rotatable bonds is 4. The first kappa shape index (κ1) is 15.5. The van der Waals surface area contributed by atoms with Crippen LogP contribution in [0.2, 0.25) is 0 Å². The van der Waals surface area contributed by atoms with Crippen LogP contribution >= 0.6 is 0 Å². The van der Waals surface area contributed by atoms with Crippen LogP contribution in [-0.2, 0) is 4.74 Å². The predicted molar refractivity (Wildman–Crippen MR) is 86.7 cm³/mol. The van der Waals surface area contributed by atoms with Gasteiger partial charge < -0.3 is 15.0 Å². The molecule has 4 heterocycles. The maximum Gasteiger partial charge on any atom is 0.291 e. The fraction of sp³-hybridized carbons (Fsp3) is 0.625. The summed E-state index contributed by atoms with van der Waals surface area (Å²) in [5, 5.41) is 7.21. The van der Waals surface area contributed by atoms with Crippen LogP contribution in [0, 0.1) is 0 Å². The molecule has 2 aromatic rings. The molecule has 1 N–H and O–H groups in total. The molecule has 0 aromatic carbocycles. The van der Waals surface area contributed by atoms with E-state index in [0.29, 0.717) is 11.9 Å². The van der Waals surface area contributed by atoms with E-state index in [1.54, 1.807) is 18.5 Å². The van der Waals surface area contributed by atoms with Crippen molar-refractivity contribution in [1.29, 1.82) is 0 Å². The molecule has 0 spiro atoms. The first-order chi connectivity index (χ1) is 11.8. The van der Waals surface area contributed by atoms with Crippen molar-refractivity contribution in [3.05, 3.63) is 24.3 Å². The summed E-state index contributed by atoms with van der Waals surface area (Å²) in [6.07, 6.45) is 8.01. The number of amides is 1. The fourth-order valence-corrected chi connectivity index (χ4v) is 3.42. The molecule has 2 fully saturated rings. The van der Waals surface area contributed by atoms with Crippen LogP contribution < -0.4 is 5.32 Å². The maximum absolute atomic E-state index is 12.3. The van der Waals surface area contributed by atoms with Gasteiger partial charge in [0.1, 0.15) is 0 Å². The van der Waals surface area contributed by atoms with E-state index in [-0.39, 0.29) is 17.8 Å². The number of ether oxygens (including phenoxy) is 1. The van der Waals surface area contributed by atoms with E-state index in [1.165, 1.54) is 17.4 Å². The highest BCUT2D eigenvalue weighted by Crippen LogP contribution is 2.17. The molecule has 0 radical (unpaired) electrons. The second-order valence-electron chi connectivity index (χ2n) is 6.48.